The van der Waals surface area contributed by atoms with Crippen molar-refractivity contribution in [1.82, 2.24) is 15.2 Å². The van der Waals surface area contributed by atoms with Gasteiger partial charge in [0.2, 0.25) is 0 Å². The lowest BCUT2D eigenvalue weighted by atomic mass is 9.95. The van der Waals surface area contributed by atoms with Gasteiger partial charge in [0, 0.05) is 18.2 Å². The number of hydrogen-bond acceptors (Lipinski definition) is 4. The molecule has 0 spiro atoms. The highest BCUT2D eigenvalue weighted by Gasteiger charge is 2.27. The van der Waals surface area contributed by atoms with E-state index in [1.807, 2.05) is 17.0 Å². The van der Waals surface area contributed by atoms with Crippen LogP contribution in [0.2, 0.25) is 0 Å². The number of fused-ring (bicyclic) bond motifs is 1. The third-order valence-corrected chi connectivity index (χ3v) is 5.00. The average molecular weight is 335 g/mol. The molecule has 0 bridgehead atoms. The van der Waals surface area contributed by atoms with E-state index in [9.17, 15) is 4.79 Å². The fraction of sp³-hybridized carbons (Fsp3) is 0.350. The largest absolute Gasteiger partial charge is 0.336 e. The molecule has 5 nitrogen and oxygen atoms in total. The zero-order valence-electron chi connectivity index (χ0n) is 14.1. The Hall–Kier alpha value is -2.69. The molecular weight excluding hydrogens is 314 g/mol. The maximum atomic E-state index is 13.0. The summed E-state index contributed by atoms with van der Waals surface area (Å²) < 4.78 is 4.73. The second-order valence-corrected chi connectivity index (χ2v) is 6.64. The van der Waals surface area contributed by atoms with Gasteiger partial charge in [-0.15, -0.1) is 0 Å². The normalized spacial score (nSPS) is 17.8. The summed E-state index contributed by atoms with van der Waals surface area (Å²) in [5.74, 6) is 0.0858. The summed E-state index contributed by atoms with van der Waals surface area (Å²) in [5, 5.41) is 7.64. The highest BCUT2D eigenvalue weighted by Crippen LogP contribution is 2.24. The molecule has 1 fully saturated rings. The van der Waals surface area contributed by atoms with E-state index in [0.29, 0.717) is 22.6 Å². The van der Waals surface area contributed by atoms with Gasteiger partial charge >= 0.3 is 0 Å². The summed E-state index contributed by atoms with van der Waals surface area (Å²) in [6.45, 7) is 0.827. The summed E-state index contributed by atoms with van der Waals surface area (Å²) in [6, 6.07) is 16.2. The van der Waals surface area contributed by atoms with E-state index in [1.54, 1.807) is 12.1 Å². The van der Waals surface area contributed by atoms with Crippen molar-refractivity contribution < 1.29 is 9.42 Å². The molecule has 1 atom stereocenters. The van der Waals surface area contributed by atoms with Crippen LogP contribution in [0.5, 0.6) is 0 Å². The standard InChI is InChI=1S/C20H21N3O2/c24-20(16-10-12-18-19(14-16)22-25-21-18)23-13-5-4-8-17(23)11-9-15-6-2-1-3-7-15/h1-3,6-7,10,12,14,17H,4-5,8-9,11,13H2/t17-/m1/s1. The van der Waals surface area contributed by atoms with E-state index in [0.717, 1.165) is 32.2 Å². The summed E-state index contributed by atoms with van der Waals surface area (Å²) in [5.41, 5.74) is 3.30. The van der Waals surface area contributed by atoms with Crippen LogP contribution in [-0.2, 0) is 6.42 Å². The molecule has 25 heavy (non-hydrogen) atoms. The molecule has 0 saturated carbocycles. The Labute approximate surface area is 146 Å². The predicted molar refractivity (Wildman–Crippen MR) is 95.2 cm³/mol. The summed E-state index contributed by atoms with van der Waals surface area (Å²) in [7, 11) is 0. The van der Waals surface area contributed by atoms with Gasteiger partial charge in [-0.1, -0.05) is 30.3 Å². The van der Waals surface area contributed by atoms with Crippen molar-refractivity contribution in [2.75, 3.05) is 6.54 Å². The third kappa shape index (κ3) is 3.40. The van der Waals surface area contributed by atoms with Gasteiger partial charge in [0.1, 0.15) is 11.0 Å². The predicted octanol–water partition coefficient (Wildman–Crippen LogP) is 3.85. The zero-order valence-corrected chi connectivity index (χ0v) is 14.1. The molecule has 1 aliphatic heterocycles. The Kier molecular flexibility index (Phi) is 4.46. The van der Waals surface area contributed by atoms with Crippen LogP contribution in [0.15, 0.2) is 53.2 Å². The molecular formula is C20H21N3O2. The molecule has 1 saturated heterocycles. The minimum absolute atomic E-state index is 0.0858. The summed E-state index contributed by atoms with van der Waals surface area (Å²) in [4.78, 5) is 15.1. The number of aromatic nitrogens is 2. The lowest BCUT2D eigenvalue weighted by Gasteiger charge is -2.36. The number of aryl methyl sites for hydroxylation is 1. The van der Waals surface area contributed by atoms with Gasteiger partial charge in [0.05, 0.1) is 0 Å². The number of carbonyl (C=O) groups is 1. The van der Waals surface area contributed by atoms with Crippen LogP contribution in [0.3, 0.4) is 0 Å². The van der Waals surface area contributed by atoms with Crippen molar-refractivity contribution in [3.05, 3.63) is 59.7 Å². The number of nitrogens with zero attached hydrogens (tertiary/aromatic N) is 3. The fourth-order valence-electron chi connectivity index (χ4n) is 3.63. The van der Waals surface area contributed by atoms with Crippen molar-refractivity contribution >= 4 is 16.9 Å². The van der Waals surface area contributed by atoms with Gasteiger partial charge in [-0.3, -0.25) is 4.79 Å². The topological polar surface area (TPSA) is 59.2 Å². The van der Waals surface area contributed by atoms with Crippen LogP contribution in [0.25, 0.3) is 11.0 Å². The Bertz CT molecular complexity index is 860. The van der Waals surface area contributed by atoms with Crippen molar-refractivity contribution in [3.63, 3.8) is 0 Å². The van der Waals surface area contributed by atoms with Crippen molar-refractivity contribution in [1.29, 1.82) is 0 Å². The maximum Gasteiger partial charge on any atom is 0.254 e. The number of likely N-dealkylation sites (tertiary alicyclic amines) is 1. The molecule has 2 heterocycles. The van der Waals surface area contributed by atoms with Crippen LogP contribution in [0, 0.1) is 0 Å². The molecule has 0 unspecified atom stereocenters. The molecule has 1 aromatic heterocycles. The minimum atomic E-state index is 0.0858. The van der Waals surface area contributed by atoms with E-state index in [-0.39, 0.29) is 5.91 Å². The first-order chi connectivity index (χ1) is 12.3. The fourth-order valence-corrected chi connectivity index (χ4v) is 3.63. The van der Waals surface area contributed by atoms with Gasteiger partial charge in [0.15, 0.2) is 0 Å². The molecule has 0 radical (unpaired) electrons. The maximum absolute atomic E-state index is 13.0. The molecule has 1 amide bonds. The van der Waals surface area contributed by atoms with Gasteiger partial charge < -0.3 is 4.90 Å². The lowest BCUT2D eigenvalue weighted by Crippen LogP contribution is -2.44. The Morgan fingerprint density at radius 1 is 1.08 bits per heavy atom. The highest BCUT2D eigenvalue weighted by molar-refractivity contribution is 5.97. The first-order valence-corrected chi connectivity index (χ1v) is 8.88. The second kappa shape index (κ2) is 7.05. The molecule has 0 aliphatic carbocycles. The third-order valence-electron chi connectivity index (χ3n) is 5.00. The van der Waals surface area contributed by atoms with Gasteiger partial charge in [-0.2, -0.15) is 0 Å². The van der Waals surface area contributed by atoms with Gasteiger partial charge in [0.25, 0.3) is 5.91 Å². The number of carbonyl (C=O) groups excluding carboxylic acids is 1. The number of benzene rings is 2. The monoisotopic (exact) mass is 335 g/mol. The smallest absolute Gasteiger partial charge is 0.254 e. The van der Waals surface area contributed by atoms with E-state index in [2.05, 4.69) is 34.6 Å². The van der Waals surface area contributed by atoms with E-state index in [1.165, 1.54) is 12.0 Å². The Balaban J connectivity index is 1.50. The van der Waals surface area contributed by atoms with Crippen molar-refractivity contribution in [2.45, 2.75) is 38.1 Å². The van der Waals surface area contributed by atoms with Gasteiger partial charge in [-0.25, -0.2) is 4.63 Å². The van der Waals surface area contributed by atoms with E-state index in [4.69, 9.17) is 4.63 Å². The van der Waals surface area contributed by atoms with Crippen molar-refractivity contribution in [2.24, 2.45) is 0 Å². The number of rotatable bonds is 4. The molecule has 128 valence electrons. The molecule has 1 aliphatic rings. The van der Waals surface area contributed by atoms with E-state index >= 15 is 0 Å². The lowest BCUT2D eigenvalue weighted by molar-refractivity contribution is 0.0602. The number of piperidine rings is 1. The van der Waals surface area contributed by atoms with Crippen LogP contribution in [-0.4, -0.2) is 33.7 Å². The van der Waals surface area contributed by atoms with E-state index < -0.39 is 0 Å². The molecule has 3 aromatic rings. The Morgan fingerprint density at radius 2 is 1.92 bits per heavy atom. The summed E-state index contributed by atoms with van der Waals surface area (Å²) >= 11 is 0. The minimum Gasteiger partial charge on any atom is -0.336 e. The second-order valence-electron chi connectivity index (χ2n) is 6.64. The van der Waals surface area contributed by atoms with Crippen LogP contribution < -0.4 is 0 Å². The first-order valence-electron chi connectivity index (χ1n) is 8.88. The quantitative estimate of drug-likeness (QED) is 0.726. The number of amides is 1. The molecule has 2 aromatic carbocycles. The van der Waals surface area contributed by atoms with Crippen LogP contribution in [0.1, 0.15) is 41.6 Å². The Morgan fingerprint density at radius 3 is 2.80 bits per heavy atom. The zero-order chi connectivity index (χ0) is 17.1. The highest BCUT2D eigenvalue weighted by atomic mass is 16.6. The SMILES string of the molecule is O=C(c1ccc2nonc2c1)N1CCCC[C@@H]1CCc1ccccc1. The van der Waals surface area contributed by atoms with Crippen molar-refractivity contribution in [3.8, 4) is 0 Å². The summed E-state index contributed by atoms with van der Waals surface area (Å²) in [6.07, 6.45) is 5.34. The first kappa shape index (κ1) is 15.8. The molecule has 5 heteroatoms. The molecule has 4 rings (SSSR count). The molecule has 0 N–H and O–H groups in total. The van der Waals surface area contributed by atoms with Crippen LogP contribution in [0.4, 0.5) is 0 Å². The van der Waals surface area contributed by atoms with Crippen LogP contribution >= 0.6 is 0 Å². The number of hydrogen-bond donors (Lipinski definition) is 0. The van der Waals surface area contributed by atoms with Gasteiger partial charge in [-0.05, 0) is 66.2 Å². The average Bonchev–Trinajstić information content (AvgIpc) is 3.14.